The standard InChI is InChI=1S/C33H43N5O3.C4H5N/c1-5-36(6-2)20-33(12-13-33)21-41-32-34-28-19-38(18-27(28)30(35-32)37-14-8-9-22(3)17-37)31(40)26-16-25(39)15-24-11-7-10-23(4)29(24)26;5-3-4-1-2-4/h7,10-11,15-16,22,39H,5-6,8-9,12-14,17-21H2,1-4H3;4H,1-2H2. The molecule has 1 N–H and O–H groups in total. The number of rotatable bonds is 9. The Morgan fingerprint density at radius 1 is 1.15 bits per heavy atom. The summed E-state index contributed by atoms with van der Waals surface area (Å²) in [5.41, 5.74) is 3.61. The lowest BCUT2D eigenvalue weighted by Crippen LogP contribution is -2.36. The number of benzene rings is 2. The van der Waals surface area contributed by atoms with Gasteiger partial charge in [-0.25, -0.2) is 0 Å². The Hall–Kier alpha value is -3.90. The third-order valence-corrected chi connectivity index (χ3v) is 10.1. The Labute approximate surface area is 273 Å². The van der Waals surface area contributed by atoms with Crippen molar-refractivity contribution >= 4 is 22.5 Å². The molecule has 2 aromatic carbocycles. The van der Waals surface area contributed by atoms with Crippen molar-refractivity contribution in [1.29, 1.82) is 5.26 Å². The van der Waals surface area contributed by atoms with E-state index < -0.39 is 0 Å². The van der Waals surface area contributed by atoms with Gasteiger partial charge in [-0.2, -0.15) is 15.2 Å². The number of amides is 1. The predicted octanol–water partition coefficient (Wildman–Crippen LogP) is 6.46. The van der Waals surface area contributed by atoms with Crippen molar-refractivity contribution < 1.29 is 14.6 Å². The molecule has 2 aliphatic heterocycles. The Morgan fingerprint density at radius 3 is 2.59 bits per heavy atom. The molecule has 1 atom stereocenters. The molecule has 3 aromatic rings. The third kappa shape index (κ3) is 7.07. The van der Waals surface area contributed by atoms with Crippen LogP contribution in [0.15, 0.2) is 30.3 Å². The molecule has 4 aliphatic rings. The SMILES string of the molecule is CCN(CC)CC1(COc2nc3c(c(N4CCCC(C)C4)n2)CN(C(=O)c2cc(O)cc4cccc(C)c24)C3)CC1.N#CC1CC1. The van der Waals surface area contributed by atoms with Crippen LogP contribution in [-0.4, -0.2) is 70.1 Å². The third-order valence-electron chi connectivity index (χ3n) is 10.1. The second-order valence-electron chi connectivity index (χ2n) is 13.9. The number of aryl methyl sites for hydroxylation is 1. The summed E-state index contributed by atoms with van der Waals surface area (Å²) in [5, 5.41) is 20.1. The number of aromatic hydroxyl groups is 1. The van der Waals surface area contributed by atoms with Gasteiger partial charge in [-0.15, -0.1) is 0 Å². The Kier molecular flexibility index (Phi) is 9.37. The van der Waals surface area contributed by atoms with Gasteiger partial charge in [0, 0.05) is 36.5 Å². The number of anilines is 1. The van der Waals surface area contributed by atoms with Crippen LogP contribution in [0, 0.1) is 35.5 Å². The molecule has 0 bridgehead atoms. The summed E-state index contributed by atoms with van der Waals surface area (Å²) in [6, 6.07) is 11.8. The van der Waals surface area contributed by atoms with Crippen LogP contribution < -0.4 is 9.64 Å². The van der Waals surface area contributed by atoms with Gasteiger partial charge in [0.05, 0.1) is 37.0 Å². The van der Waals surface area contributed by atoms with Crippen LogP contribution in [0.1, 0.15) is 86.5 Å². The highest BCUT2D eigenvalue weighted by atomic mass is 16.5. The highest BCUT2D eigenvalue weighted by Gasteiger charge is 2.45. The van der Waals surface area contributed by atoms with E-state index in [1.54, 1.807) is 12.1 Å². The number of piperidine rings is 1. The van der Waals surface area contributed by atoms with E-state index in [-0.39, 0.29) is 17.1 Å². The molecule has 9 heteroatoms. The number of phenols is 1. The number of nitrogens with zero attached hydrogens (tertiary/aromatic N) is 6. The average Bonchev–Trinajstić information content (AvgIpc) is 3.99. The number of phenolic OH excluding ortho intramolecular Hbond substituents is 1. The lowest BCUT2D eigenvalue weighted by Gasteiger charge is -2.33. The molecule has 3 heterocycles. The molecule has 3 fully saturated rings. The van der Waals surface area contributed by atoms with E-state index in [1.165, 1.54) is 19.3 Å². The van der Waals surface area contributed by atoms with Crippen molar-refractivity contribution in [3.05, 3.63) is 52.7 Å². The van der Waals surface area contributed by atoms with Crippen molar-refractivity contribution in [3.63, 3.8) is 0 Å². The molecule has 0 radical (unpaired) electrons. The lowest BCUT2D eigenvalue weighted by molar-refractivity contribution is 0.0752. The van der Waals surface area contributed by atoms with Crippen LogP contribution in [0.4, 0.5) is 5.82 Å². The number of hydrogen-bond acceptors (Lipinski definition) is 8. The smallest absolute Gasteiger partial charge is 0.318 e. The highest BCUT2D eigenvalue weighted by molar-refractivity contribution is 6.09. The molecule has 1 aromatic heterocycles. The molecule has 1 saturated heterocycles. The Bertz CT molecular complexity index is 1620. The van der Waals surface area contributed by atoms with Gasteiger partial charge in [-0.1, -0.05) is 39.0 Å². The molecule has 2 saturated carbocycles. The minimum Gasteiger partial charge on any atom is -0.508 e. The first-order valence-corrected chi connectivity index (χ1v) is 17.1. The second-order valence-corrected chi connectivity index (χ2v) is 13.9. The van der Waals surface area contributed by atoms with Crippen LogP contribution in [0.25, 0.3) is 10.8 Å². The summed E-state index contributed by atoms with van der Waals surface area (Å²) in [7, 11) is 0. The van der Waals surface area contributed by atoms with Crippen molar-refractivity contribution in [2.45, 2.75) is 79.3 Å². The fourth-order valence-corrected chi connectivity index (χ4v) is 6.88. The van der Waals surface area contributed by atoms with E-state index in [4.69, 9.17) is 20.0 Å². The predicted molar refractivity (Wildman–Crippen MR) is 180 cm³/mol. The number of fused-ring (bicyclic) bond motifs is 2. The zero-order valence-corrected chi connectivity index (χ0v) is 27.9. The molecule has 244 valence electrons. The Balaban J connectivity index is 0.000000679. The first-order chi connectivity index (χ1) is 22.2. The molecular weight excluding hydrogens is 576 g/mol. The van der Waals surface area contributed by atoms with Crippen molar-refractivity contribution in [3.8, 4) is 17.8 Å². The highest BCUT2D eigenvalue weighted by Crippen LogP contribution is 2.46. The number of carbonyl (C=O) groups is 1. The molecule has 0 spiro atoms. The molecule has 9 nitrogen and oxygen atoms in total. The first-order valence-electron chi connectivity index (χ1n) is 17.1. The number of aromatic nitrogens is 2. The maximum absolute atomic E-state index is 14.0. The minimum atomic E-state index is -0.102. The van der Waals surface area contributed by atoms with Crippen LogP contribution >= 0.6 is 0 Å². The van der Waals surface area contributed by atoms with E-state index in [2.05, 4.69) is 36.6 Å². The van der Waals surface area contributed by atoms with Gasteiger partial charge < -0.3 is 24.5 Å². The van der Waals surface area contributed by atoms with Crippen molar-refractivity contribution in [2.24, 2.45) is 17.3 Å². The topological polar surface area (TPSA) is 106 Å². The largest absolute Gasteiger partial charge is 0.508 e. The van der Waals surface area contributed by atoms with Crippen LogP contribution in [0.2, 0.25) is 0 Å². The summed E-state index contributed by atoms with van der Waals surface area (Å²) in [6.07, 6.45) is 6.98. The van der Waals surface area contributed by atoms with Crippen LogP contribution in [0.3, 0.4) is 0 Å². The summed E-state index contributed by atoms with van der Waals surface area (Å²) in [6.45, 7) is 15.2. The lowest BCUT2D eigenvalue weighted by atomic mass is 9.98. The van der Waals surface area contributed by atoms with Crippen LogP contribution in [0.5, 0.6) is 11.8 Å². The van der Waals surface area contributed by atoms with Gasteiger partial charge in [0.15, 0.2) is 0 Å². The zero-order valence-electron chi connectivity index (χ0n) is 27.9. The number of ether oxygens (including phenoxy) is 1. The van der Waals surface area contributed by atoms with E-state index in [9.17, 15) is 9.90 Å². The van der Waals surface area contributed by atoms with Gasteiger partial charge >= 0.3 is 6.01 Å². The van der Waals surface area contributed by atoms with E-state index in [1.807, 2.05) is 30.0 Å². The van der Waals surface area contributed by atoms with E-state index in [0.717, 1.165) is 85.4 Å². The Morgan fingerprint density at radius 2 is 1.93 bits per heavy atom. The van der Waals surface area contributed by atoms with Gasteiger partial charge in [0.1, 0.15) is 11.6 Å². The van der Waals surface area contributed by atoms with Gasteiger partial charge in [-0.05, 0) is 92.9 Å². The molecule has 1 unspecified atom stereocenters. The molecular formula is C37H48N6O3. The molecule has 1 amide bonds. The molecule has 46 heavy (non-hydrogen) atoms. The van der Waals surface area contributed by atoms with E-state index >= 15 is 0 Å². The van der Waals surface area contributed by atoms with E-state index in [0.29, 0.717) is 43.1 Å². The van der Waals surface area contributed by atoms with Crippen molar-refractivity contribution in [1.82, 2.24) is 19.8 Å². The number of nitriles is 1. The maximum atomic E-state index is 14.0. The zero-order chi connectivity index (χ0) is 32.4. The monoisotopic (exact) mass is 624 g/mol. The summed E-state index contributed by atoms with van der Waals surface area (Å²) in [5.74, 6) is 1.94. The molecule has 2 aliphatic carbocycles. The van der Waals surface area contributed by atoms with Crippen molar-refractivity contribution in [2.75, 3.05) is 44.2 Å². The van der Waals surface area contributed by atoms with Gasteiger partial charge in [0.25, 0.3) is 5.91 Å². The minimum absolute atomic E-state index is 0.0975. The first kappa shape index (κ1) is 32.1. The van der Waals surface area contributed by atoms with Gasteiger partial charge in [0.2, 0.25) is 0 Å². The number of carbonyl (C=O) groups excluding carboxylic acids is 1. The fourth-order valence-electron chi connectivity index (χ4n) is 6.88. The fraction of sp³-hybridized carbons (Fsp3) is 0.568. The number of hydrogen-bond donors (Lipinski definition) is 1. The average molecular weight is 625 g/mol. The second kappa shape index (κ2) is 13.4. The summed E-state index contributed by atoms with van der Waals surface area (Å²) >= 11 is 0. The van der Waals surface area contributed by atoms with Crippen LogP contribution in [-0.2, 0) is 13.1 Å². The molecule has 7 rings (SSSR count). The van der Waals surface area contributed by atoms with Gasteiger partial charge in [-0.3, -0.25) is 4.79 Å². The summed E-state index contributed by atoms with van der Waals surface area (Å²) in [4.78, 5) is 30.6. The summed E-state index contributed by atoms with van der Waals surface area (Å²) < 4.78 is 6.36. The maximum Gasteiger partial charge on any atom is 0.318 e. The quantitative estimate of drug-likeness (QED) is 0.289. The normalized spacial score (nSPS) is 19.8.